The van der Waals surface area contributed by atoms with E-state index >= 15 is 0 Å². The normalized spacial score (nSPS) is 21.9. The zero-order valence-corrected chi connectivity index (χ0v) is 13.8. The number of nitrogens with zero attached hydrogens (tertiary/aromatic N) is 3. The van der Waals surface area contributed by atoms with Gasteiger partial charge in [-0.15, -0.1) is 0 Å². The van der Waals surface area contributed by atoms with E-state index in [0.29, 0.717) is 5.00 Å². The van der Waals surface area contributed by atoms with Gasteiger partial charge in [-0.05, 0) is 38.5 Å². The molecule has 1 aliphatic rings. The van der Waals surface area contributed by atoms with Gasteiger partial charge in [-0.3, -0.25) is 0 Å². The van der Waals surface area contributed by atoms with Crippen molar-refractivity contribution in [2.24, 2.45) is 0 Å². The highest BCUT2D eigenvalue weighted by molar-refractivity contribution is 7.91. The van der Waals surface area contributed by atoms with Gasteiger partial charge in [-0.2, -0.15) is 4.37 Å². The summed E-state index contributed by atoms with van der Waals surface area (Å²) >= 11 is 1.19. The summed E-state index contributed by atoms with van der Waals surface area (Å²) in [6, 6.07) is 0.244. The van der Waals surface area contributed by atoms with Crippen molar-refractivity contribution in [2.45, 2.75) is 31.2 Å². The van der Waals surface area contributed by atoms with E-state index in [9.17, 15) is 8.42 Å². The van der Waals surface area contributed by atoms with E-state index < -0.39 is 9.84 Å². The van der Waals surface area contributed by atoms with Gasteiger partial charge in [-0.25, -0.2) is 8.42 Å². The Balaban J connectivity index is 2.43. The molecular formula is C12H22N4O2S2. The van der Waals surface area contributed by atoms with Crippen LogP contribution in [0.15, 0.2) is 4.90 Å². The lowest BCUT2D eigenvalue weighted by molar-refractivity contribution is 0.337. The van der Waals surface area contributed by atoms with Gasteiger partial charge in [0.1, 0.15) is 9.90 Å². The number of anilines is 2. The van der Waals surface area contributed by atoms with Crippen LogP contribution >= 0.6 is 11.5 Å². The Morgan fingerprint density at radius 2 is 2.15 bits per heavy atom. The summed E-state index contributed by atoms with van der Waals surface area (Å²) in [7, 11) is -1.26. The van der Waals surface area contributed by atoms with Crippen molar-refractivity contribution in [3.63, 3.8) is 0 Å². The van der Waals surface area contributed by atoms with Crippen molar-refractivity contribution in [3.05, 3.63) is 0 Å². The molecule has 2 N–H and O–H groups in total. The second kappa shape index (κ2) is 5.87. The number of nitrogen functional groups attached to an aromatic ring is 1. The maximum Gasteiger partial charge on any atom is 0.184 e. The lowest BCUT2D eigenvalue weighted by Gasteiger charge is -2.29. The van der Waals surface area contributed by atoms with Crippen molar-refractivity contribution in [1.82, 2.24) is 9.27 Å². The second-order valence-corrected chi connectivity index (χ2v) is 8.23. The smallest absolute Gasteiger partial charge is 0.184 e. The molecule has 0 saturated carbocycles. The molecule has 0 aromatic carbocycles. The van der Waals surface area contributed by atoms with Crippen molar-refractivity contribution < 1.29 is 8.42 Å². The molecule has 0 spiro atoms. The van der Waals surface area contributed by atoms with Gasteiger partial charge in [0.25, 0.3) is 0 Å². The summed E-state index contributed by atoms with van der Waals surface area (Å²) in [5.74, 6) is 0.182. The molecule has 114 valence electrons. The first-order valence-corrected chi connectivity index (χ1v) is 9.22. The first-order valence-electron chi connectivity index (χ1n) is 6.80. The highest BCUT2D eigenvalue weighted by atomic mass is 32.2. The Kier molecular flexibility index (Phi) is 4.55. The van der Waals surface area contributed by atoms with Gasteiger partial charge >= 0.3 is 0 Å². The van der Waals surface area contributed by atoms with Crippen LogP contribution < -0.4 is 10.6 Å². The largest absolute Gasteiger partial charge is 0.382 e. The van der Waals surface area contributed by atoms with Crippen LogP contribution in [0.3, 0.4) is 0 Å². The molecule has 0 radical (unpaired) electrons. The van der Waals surface area contributed by atoms with Crippen molar-refractivity contribution in [2.75, 3.05) is 43.1 Å². The minimum atomic E-state index is -3.35. The number of hydrogen-bond donors (Lipinski definition) is 1. The van der Waals surface area contributed by atoms with Crippen LogP contribution in [0.5, 0.6) is 0 Å². The van der Waals surface area contributed by atoms with Crippen LogP contribution in [0.25, 0.3) is 0 Å². The molecule has 1 aromatic heterocycles. The van der Waals surface area contributed by atoms with Crippen molar-refractivity contribution in [3.8, 4) is 0 Å². The van der Waals surface area contributed by atoms with Crippen molar-refractivity contribution in [1.29, 1.82) is 0 Å². The van der Waals surface area contributed by atoms with Gasteiger partial charge in [0, 0.05) is 19.1 Å². The first-order chi connectivity index (χ1) is 9.36. The monoisotopic (exact) mass is 318 g/mol. The Hall–Kier alpha value is -0.860. The molecule has 2 heterocycles. The van der Waals surface area contributed by atoms with E-state index in [-0.39, 0.29) is 22.5 Å². The summed E-state index contributed by atoms with van der Waals surface area (Å²) < 4.78 is 28.6. The van der Waals surface area contributed by atoms with Gasteiger partial charge in [0.05, 0.1) is 5.75 Å². The minimum Gasteiger partial charge on any atom is -0.382 e. The van der Waals surface area contributed by atoms with Gasteiger partial charge in [-0.1, -0.05) is 6.92 Å². The van der Waals surface area contributed by atoms with E-state index in [2.05, 4.69) is 28.1 Å². The fourth-order valence-electron chi connectivity index (χ4n) is 2.58. The average molecular weight is 318 g/mol. The number of nitrogens with two attached hydrogens (primary N) is 1. The quantitative estimate of drug-likeness (QED) is 0.897. The Bertz CT molecular complexity index is 570. The lowest BCUT2D eigenvalue weighted by Crippen LogP contribution is -2.38. The maximum absolute atomic E-state index is 12.3. The van der Waals surface area contributed by atoms with Crippen LogP contribution in [0.1, 0.15) is 20.3 Å². The molecule has 1 aromatic rings. The van der Waals surface area contributed by atoms with Gasteiger partial charge in [0.15, 0.2) is 15.7 Å². The van der Waals surface area contributed by atoms with Gasteiger partial charge < -0.3 is 15.5 Å². The number of hydrogen-bond acceptors (Lipinski definition) is 7. The molecule has 1 saturated heterocycles. The summed E-state index contributed by atoms with van der Waals surface area (Å²) in [6.45, 7) is 6.50. The summed E-state index contributed by atoms with van der Waals surface area (Å²) in [6.07, 6.45) is 1.00. The number of rotatable bonds is 3. The Morgan fingerprint density at radius 1 is 1.45 bits per heavy atom. The van der Waals surface area contributed by atoms with E-state index in [4.69, 9.17) is 5.73 Å². The SMILES string of the molecule is CCS(=O)(=O)c1c(N)nsc1N1CCCN(C)CC1C. The predicted octanol–water partition coefficient (Wildman–Crippen LogP) is 1.05. The van der Waals surface area contributed by atoms with Crippen LogP contribution in [-0.4, -0.2) is 56.2 Å². The zero-order valence-electron chi connectivity index (χ0n) is 12.2. The fourth-order valence-corrected chi connectivity index (χ4v) is 5.00. The van der Waals surface area contributed by atoms with Crippen LogP contribution in [0.4, 0.5) is 10.8 Å². The molecule has 1 aliphatic heterocycles. The molecule has 1 unspecified atom stereocenters. The Labute approximate surface area is 124 Å². The molecule has 1 fully saturated rings. The third kappa shape index (κ3) is 2.91. The molecule has 0 aliphatic carbocycles. The molecule has 8 heteroatoms. The number of sulfone groups is 1. The molecule has 0 amide bonds. The number of aromatic nitrogens is 1. The molecule has 0 bridgehead atoms. The van der Waals surface area contributed by atoms with Crippen LogP contribution in [0, 0.1) is 0 Å². The van der Waals surface area contributed by atoms with E-state index in [0.717, 1.165) is 26.1 Å². The summed E-state index contributed by atoms with van der Waals surface area (Å²) in [5, 5.41) is 0.701. The van der Waals surface area contributed by atoms with Gasteiger partial charge in [0.2, 0.25) is 0 Å². The molecular weight excluding hydrogens is 296 g/mol. The molecule has 2 rings (SSSR count). The van der Waals surface area contributed by atoms with E-state index in [1.165, 1.54) is 11.5 Å². The highest BCUT2D eigenvalue weighted by Crippen LogP contribution is 2.37. The van der Waals surface area contributed by atoms with E-state index in [1.54, 1.807) is 6.92 Å². The van der Waals surface area contributed by atoms with Crippen molar-refractivity contribution >= 4 is 32.2 Å². The maximum atomic E-state index is 12.3. The lowest BCUT2D eigenvalue weighted by atomic mass is 10.3. The van der Waals surface area contributed by atoms with Crippen LogP contribution in [-0.2, 0) is 9.84 Å². The Morgan fingerprint density at radius 3 is 2.80 bits per heavy atom. The standard InChI is InChI=1S/C12H22N4O2S2/c1-4-20(17,18)10-11(13)14-19-12(10)16-7-5-6-15(3)8-9(16)2/h9H,4-8H2,1-3H3,(H2,13,14). The zero-order chi connectivity index (χ0) is 14.9. The van der Waals surface area contributed by atoms with E-state index in [1.807, 2.05) is 0 Å². The molecule has 20 heavy (non-hydrogen) atoms. The third-order valence-corrected chi connectivity index (χ3v) is 6.47. The second-order valence-electron chi connectivity index (χ2n) is 5.26. The number of likely N-dealkylation sites (N-methyl/N-ethyl adjacent to an activating group) is 1. The molecule has 1 atom stereocenters. The summed E-state index contributed by atoms with van der Waals surface area (Å²) in [4.78, 5) is 4.63. The summed E-state index contributed by atoms with van der Waals surface area (Å²) in [5.41, 5.74) is 5.80. The molecule has 6 nitrogen and oxygen atoms in total. The third-order valence-electron chi connectivity index (χ3n) is 3.66. The fraction of sp³-hybridized carbons (Fsp3) is 0.750. The highest BCUT2D eigenvalue weighted by Gasteiger charge is 2.30. The minimum absolute atomic E-state index is 0.0464. The average Bonchev–Trinajstić information content (AvgIpc) is 2.68. The topological polar surface area (TPSA) is 79.5 Å². The first kappa shape index (κ1) is 15.5. The van der Waals surface area contributed by atoms with Crippen LogP contribution in [0.2, 0.25) is 0 Å². The predicted molar refractivity (Wildman–Crippen MR) is 83.2 cm³/mol.